The molecule has 7 heteroatoms. The molecule has 5 nitrogen and oxygen atoms in total. The molecule has 1 amide bonds. The molecule has 0 aliphatic heterocycles. The van der Waals surface area contributed by atoms with Crippen molar-refractivity contribution in [3.8, 4) is 5.69 Å². The molecule has 4 aromatic rings. The summed E-state index contributed by atoms with van der Waals surface area (Å²) in [5.41, 5.74) is 3.11. The second kappa shape index (κ2) is 10.2. The number of thiophene rings is 1. The maximum Gasteiger partial charge on any atom is 0.267 e. The van der Waals surface area contributed by atoms with Gasteiger partial charge in [-0.2, -0.15) is 0 Å². The van der Waals surface area contributed by atoms with Gasteiger partial charge in [0, 0.05) is 11.4 Å². The SMILES string of the molecule is CC1CCc2c(sc3nc(SCC(=O)NCCc4ccccc4)n(-c4ccccc4)c(=O)c23)C1. The van der Waals surface area contributed by atoms with Gasteiger partial charge in [-0.05, 0) is 54.9 Å². The lowest BCUT2D eigenvalue weighted by atomic mass is 9.89. The summed E-state index contributed by atoms with van der Waals surface area (Å²) in [7, 11) is 0. The maximum atomic E-state index is 13.8. The van der Waals surface area contributed by atoms with Crippen LogP contribution in [-0.4, -0.2) is 27.8 Å². The minimum Gasteiger partial charge on any atom is -0.355 e. The highest BCUT2D eigenvalue weighted by molar-refractivity contribution is 7.99. The van der Waals surface area contributed by atoms with Crippen molar-refractivity contribution in [3.05, 3.63) is 87.0 Å². The van der Waals surface area contributed by atoms with Crippen molar-refractivity contribution in [3.63, 3.8) is 0 Å². The van der Waals surface area contributed by atoms with Gasteiger partial charge in [-0.15, -0.1) is 11.3 Å². The lowest BCUT2D eigenvalue weighted by molar-refractivity contribution is -0.118. The topological polar surface area (TPSA) is 64.0 Å². The highest BCUT2D eigenvalue weighted by Crippen LogP contribution is 2.37. The number of benzene rings is 2. The average molecular weight is 490 g/mol. The van der Waals surface area contributed by atoms with Gasteiger partial charge in [0.25, 0.3) is 5.56 Å². The van der Waals surface area contributed by atoms with Gasteiger partial charge in [-0.3, -0.25) is 14.2 Å². The summed E-state index contributed by atoms with van der Waals surface area (Å²) >= 11 is 2.96. The van der Waals surface area contributed by atoms with Gasteiger partial charge < -0.3 is 5.32 Å². The van der Waals surface area contributed by atoms with E-state index < -0.39 is 0 Å². The minimum absolute atomic E-state index is 0.0322. The quantitative estimate of drug-likeness (QED) is 0.292. The summed E-state index contributed by atoms with van der Waals surface area (Å²) in [6.45, 7) is 2.85. The Hall–Kier alpha value is -2.90. The van der Waals surface area contributed by atoms with Crippen LogP contribution in [0.4, 0.5) is 0 Å². The Bertz CT molecular complexity index is 1360. The summed E-state index contributed by atoms with van der Waals surface area (Å²) in [5.74, 6) is 0.779. The Morgan fingerprint density at radius 2 is 1.88 bits per heavy atom. The lowest BCUT2D eigenvalue weighted by Crippen LogP contribution is -2.28. The molecule has 0 saturated carbocycles. The molecule has 34 heavy (non-hydrogen) atoms. The van der Waals surface area contributed by atoms with Gasteiger partial charge in [0.1, 0.15) is 4.83 Å². The molecule has 1 aliphatic rings. The van der Waals surface area contributed by atoms with E-state index in [9.17, 15) is 9.59 Å². The molecular weight excluding hydrogens is 462 g/mol. The third-order valence-corrected chi connectivity index (χ3v) is 8.31. The van der Waals surface area contributed by atoms with Crippen LogP contribution in [0.1, 0.15) is 29.3 Å². The molecule has 2 heterocycles. The second-order valence-corrected chi connectivity index (χ2v) is 10.8. The molecule has 2 aromatic carbocycles. The van der Waals surface area contributed by atoms with Crippen LogP contribution in [0.3, 0.4) is 0 Å². The molecule has 0 spiro atoms. The number of amides is 1. The number of rotatable bonds is 7. The van der Waals surface area contributed by atoms with E-state index in [1.807, 2.05) is 48.5 Å². The van der Waals surface area contributed by atoms with Crippen LogP contribution in [0.25, 0.3) is 15.9 Å². The first-order valence-electron chi connectivity index (χ1n) is 11.7. The van der Waals surface area contributed by atoms with Crippen molar-refractivity contribution in [2.45, 2.75) is 37.8 Å². The molecule has 1 unspecified atom stereocenters. The summed E-state index contributed by atoms with van der Waals surface area (Å²) in [5, 5.41) is 4.31. The van der Waals surface area contributed by atoms with E-state index in [4.69, 9.17) is 4.98 Å². The molecule has 5 rings (SSSR count). The Labute approximate surface area is 207 Å². The lowest BCUT2D eigenvalue weighted by Gasteiger charge is -2.17. The standard InChI is InChI=1S/C27H27N3O2S2/c1-18-12-13-21-22(16-18)34-25-24(21)26(32)30(20-10-6-3-7-11-20)27(29-25)33-17-23(31)28-15-14-19-8-4-2-5-9-19/h2-11,18H,12-17H2,1H3,(H,28,31). The predicted molar refractivity (Wildman–Crippen MR) is 140 cm³/mol. The van der Waals surface area contributed by atoms with Crippen molar-refractivity contribution in [1.29, 1.82) is 0 Å². The van der Waals surface area contributed by atoms with Crippen LogP contribution >= 0.6 is 23.1 Å². The van der Waals surface area contributed by atoms with Crippen LogP contribution in [-0.2, 0) is 24.1 Å². The monoisotopic (exact) mass is 489 g/mol. The number of para-hydroxylation sites is 1. The molecule has 0 fully saturated rings. The van der Waals surface area contributed by atoms with Crippen molar-refractivity contribution in [2.75, 3.05) is 12.3 Å². The fraction of sp³-hybridized carbons (Fsp3) is 0.296. The van der Waals surface area contributed by atoms with E-state index >= 15 is 0 Å². The van der Waals surface area contributed by atoms with Gasteiger partial charge in [0.05, 0.1) is 16.8 Å². The van der Waals surface area contributed by atoms with Gasteiger partial charge >= 0.3 is 0 Å². The number of hydrogen-bond donors (Lipinski definition) is 1. The number of aromatic nitrogens is 2. The van der Waals surface area contributed by atoms with Crippen molar-refractivity contribution < 1.29 is 4.79 Å². The van der Waals surface area contributed by atoms with Gasteiger partial charge in [-0.1, -0.05) is 67.2 Å². The third kappa shape index (κ3) is 4.81. The van der Waals surface area contributed by atoms with Crippen LogP contribution < -0.4 is 10.9 Å². The normalized spacial score (nSPS) is 15.3. The Kier molecular flexibility index (Phi) is 6.83. The van der Waals surface area contributed by atoms with E-state index in [1.54, 1.807) is 15.9 Å². The van der Waals surface area contributed by atoms with Gasteiger partial charge in [0.2, 0.25) is 5.91 Å². The van der Waals surface area contributed by atoms with Crippen LogP contribution in [0.2, 0.25) is 0 Å². The molecular formula is C27H27N3O2S2. The number of nitrogens with zero attached hydrogens (tertiary/aromatic N) is 2. The molecule has 2 aromatic heterocycles. The molecule has 0 bridgehead atoms. The number of hydrogen-bond acceptors (Lipinski definition) is 5. The first-order valence-corrected chi connectivity index (χ1v) is 13.5. The molecule has 174 valence electrons. The first kappa shape index (κ1) is 22.9. The van der Waals surface area contributed by atoms with E-state index in [0.29, 0.717) is 17.6 Å². The molecule has 1 atom stereocenters. The minimum atomic E-state index is -0.0609. The Balaban J connectivity index is 1.40. The first-order chi connectivity index (χ1) is 16.6. The molecule has 1 N–H and O–H groups in total. The van der Waals surface area contributed by atoms with E-state index in [-0.39, 0.29) is 17.2 Å². The fourth-order valence-electron chi connectivity index (χ4n) is 4.44. The number of nitrogens with one attached hydrogen (secondary N) is 1. The largest absolute Gasteiger partial charge is 0.355 e. The predicted octanol–water partition coefficient (Wildman–Crippen LogP) is 5.02. The zero-order valence-electron chi connectivity index (χ0n) is 19.1. The molecule has 0 saturated heterocycles. The fourth-order valence-corrected chi connectivity index (χ4v) is 6.71. The number of thioether (sulfide) groups is 1. The number of fused-ring (bicyclic) bond motifs is 3. The van der Waals surface area contributed by atoms with Crippen molar-refractivity contribution >= 4 is 39.2 Å². The van der Waals surface area contributed by atoms with Crippen molar-refractivity contribution in [2.24, 2.45) is 5.92 Å². The average Bonchev–Trinajstić information content (AvgIpc) is 3.21. The zero-order valence-corrected chi connectivity index (χ0v) is 20.8. The number of aryl methyl sites for hydroxylation is 1. The van der Waals surface area contributed by atoms with Crippen LogP contribution in [0.15, 0.2) is 70.6 Å². The van der Waals surface area contributed by atoms with Crippen LogP contribution in [0, 0.1) is 5.92 Å². The Morgan fingerprint density at radius 3 is 2.65 bits per heavy atom. The molecule has 0 radical (unpaired) electrons. The smallest absolute Gasteiger partial charge is 0.267 e. The number of carbonyl (C=O) groups excluding carboxylic acids is 1. The zero-order chi connectivity index (χ0) is 23.5. The number of carbonyl (C=O) groups is 1. The summed E-state index contributed by atoms with van der Waals surface area (Å²) in [6, 6.07) is 19.7. The summed E-state index contributed by atoms with van der Waals surface area (Å²) in [6.07, 6.45) is 3.82. The Morgan fingerprint density at radius 1 is 1.15 bits per heavy atom. The van der Waals surface area contributed by atoms with Gasteiger partial charge in [0.15, 0.2) is 5.16 Å². The second-order valence-electron chi connectivity index (χ2n) is 8.78. The summed E-state index contributed by atoms with van der Waals surface area (Å²) < 4.78 is 1.68. The highest BCUT2D eigenvalue weighted by atomic mass is 32.2. The van der Waals surface area contributed by atoms with Gasteiger partial charge in [-0.25, -0.2) is 4.98 Å². The van der Waals surface area contributed by atoms with Crippen LogP contribution in [0.5, 0.6) is 0 Å². The third-order valence-electron chi connectivity index (χ3n) is 6.22. The molecule has 1 aliphatic carbocycles. The van der Waals surface area contributed by atoms with E-state index in [1.165, 1.54) is 27.8 Å². The highest BCUT2D eigenvalue weighted by Gasteiger charge is 2.25. The van der Waals surface area contributed by atoms with E-state index in [0.717, 1.165) is 41.6 Å². The van der Waals surface area contributed by atoms with E-state index in [2.05, 4.69) is 24.4 Å². The maximum absolute atomic E-state index is 13.8. The van der Waals surface area contributed by atoms with Crippen molar-refractivity contribution in [1.82, 2.24) is 14.9 Å². The summed E-state index contributed by atoms with van der Waals surface area (Å²) in [4.78, 5) is 33.3.